The topological polar surface area (TPSA) is 60.2 Å². The highest BCUT2D eigenvalue weighted by Gasteiger charge is 2.11. The van der Waals surface area contributed by atoms with E-state index in [9.17, 15) is 8.42 Å². The summed E-state index contributed by atoms with van der Waals surface area (Å²) in [6.07, 6.45) is 2.05. The summed E-state index contributed by atoms with van der Waals surface area (Å²) in [4.78, 5) is 0. The van der Waals surface area contributed by atoms with Crippen LogP contribution < -0.4 is 5.73 Å². The first-order valence-electron chi connectivity index (χ1n) is 5.99. The fourth-order valence-electron chi connectivity index (χ4n) is 1.61. The molecule has 1 atom stereocenters. The van der Waals surface area contributed by atoms with Gasteiger partial charge in [0, 0.05) is 6.04 Å². The first kappa shape index (κ1) is 14.2. The van der Waals surface area contributed by atoms with Crippen molar-refractivity contribution in [3.8, 4) is 0 Å². The summed E-state index contributed by atoms with van der Waals surface area (Å²) in [5, 5.41) is 0. The van der Waals surface area contributed by atoms with Crippen molar-refractivity contribution in [2.24, 2.45) is 5.73 Å². The van der Waals surface area contributed by atoms with Crippen molar-refractivity contribution in [1.82, 2.24) is 0 Å². The molecular formula is C13H21NO2S. The van der Waals surface area contributed by atoms with Gasteiger partial charge in [0.2, 0.25) is 0 Å². The van der Waals surface area contributed by atoms with E-state index in [0.29, 0.717) is 12.8 Å². The smallest absolute Gasteiger partial charge is 0.150 e. The monoisotopic (exact) mass is 255 g/mol. The summed E-state index contributed by atoms with van der Waals surface area (Å²) in [6, 6.07) is 9.91. The third-order valence-electron chi connectivity index (χ3n) is 2.65. The van der Waals surface area contributed by atoms with Crippen LogP contribution in [0.5, 0.6) is 0 Å². The first-order valence-corrected chi connectivity index (χ1v) is 7.82. The van der Waals surface area contributed by atoms with Crippen LogP contribution in [0.3, 0.4) is 0 Å². The number of benzene rings is 1. The maximum Gasteiger partial charge on any atom is 0.150 e. The van der Waals surface area contributed by atoms with Gasteiger partial charge in [-0.1, -0.05) is 30.3 Å². The molecule has 4 heteroatoms. The number of sulfone groups is 1. The molecule has 0 amide bonds. The highest BCUT2D eigenvalue weighted by atomic mass is 32.2. The molecule has 0 bridgehead atoms. The van der Waals surface area contributed by atoms with Crippen LogP contribution in [0.2, 0.25) is 0 Å². The molecule has 1 aromatic carbocycles. The van der Waals surface area contributed by atoms with Gasteiger partial charge < -0.3 is 5.73 Å². The maximum atomic E-state index is 11.7. The minimum absolute atomic E-state index is 0.0427. The maximum absolute atomic E-state index is 11.7. The molecule has 2 N–H and O–H groups in total. The van der Waals surface area contributed by atoms with E-state index >= 15 is 0 Å². The number of rotatable bonds is 7. The van der Waals surface area contributed by atoms with Crippen molar-refractivity contribution in [3.63, 3.8) is 0 Å². The van der Waals surface area contributed by atoms with Gasteiger partial charge in [-0.2, -0.15) is 0 Å². The lowest BCUT2D eigenvalue weighted by Gasteiger charge is -2.06. The molecule has 3 nitrogen and oxygen atoms in total. The second-order valence-electron chi connectivity index (χ2n) is 4.51. The molecule has 1 aromatic rings. The van der Waals surface area contributed by atoms with Crippen LogP contribution in [0.4, 0.5) is 0 Å². The van der Waals surface area contributed by atoms with E-state index in [2.05, 4.69) is 0 Å². The Labute approximate surface area is 104 Å². The minimum Gasteiger partial charge on any atom is -0.328 e. The lowest BCUT2D eigenvalue weighted by atomic mass is 10.1. The lowest BCUT2D eigenvalue weighted by Crippen LogP contribution is -2.21. The minimum atomic E-state index is -2.93. The van der Waals surface area contributed by atoms with Crippen molar-refractivity contribution < 1.29 is 8.42 Å². The first-order chi connectivity index (χ1) is 7.99. The van der Waals surface area contributed by atoms with Crippen molar-refractivity contribution in [2.75, 3.05) is 11.5 Å². The quantitative estimate of drug-likeness (QED) is 0.807. The highest BCUT2D eigenvalue weighted by Crippen LogP contribution is 2.05. The average molecular weight is 255 g/mol. The zero-order valence-corrected chi connectivity index (χ0v) is 11.1. The van der Waals surface area contributed by atoms with Gasteiger partial charge in [0.1, 0.15) is 9.84 Å². The van der Waals surface area contributed by atoms with Gasteiger partial charge in [0.15, 0.2) is 0 Å². The summed E-state index contributed by atoms with van der Waals surface area (Å²) in [6.45, 7) is 1.83. The van der Waals surface area contributed by atoms with Crippen LogP contribution >= 0.6 is 0 Å². The molecule has 17 heavy (non-hydrogen) atoms. The summed E-state index contributed by atoms with van der Waals surface area (Å²) in [7, 11) is -2.93. The third kappa shape index (κ3) is 6.44. The largest absolute Gasteiger partial charge is 0.328 e. The molecule has 96 valence electrons. The zero-order chi connectivity index (χ0) is 12.7. The zero-order valence-electron chi connectivity index (χ0n) is 10.3. The van der Waals surface area contributed by atoms with Crippen LogP contribution in [-0.4, -0.2) is 26.0 Å². The van der Waals surface area contributed by atoms with E-state index < -0.39 is 9.84 Å². The molecule has 0 spiro atoms. The van der Waals surface area contributed by atoms with E-state index in [0.717, 1.165) is 6.42 Å². The van der Waals surface area contributed by atoms with Crippen molar-refractivity contribution in [2.45, 2.75) is 32.2 Å². The fourth-order valence-corrected chi connectivity index (χ4v) is 3.13. The van der Waals surface area contributed by atoms with Crippen LogP contribution in [0, 0.1) is 0 Å². The Morgan fingerprint density at radius 3 is 2.41 bits per heavy atom. The molecule has 0 heterocycles. The van der Waals surface area contributed by atoms with Gasteiger partial charge in [0.05, 0.1) is 11.5 Å². The number of nitrogens with two attached hydrogens (primary N) is 1. The van der Waals surface area contributed by atoms with Crippen LogP contribution in [-0.2, 0) is 16.3 Å². The summed E-state index contributed by atoms with van der Waals surface area (Å²) in [5.74, 6) is 0.466. The third-order valence-corrected chi connectivity index (χ3v) is 4.42. The van der Waals surface area contributed by atoms with Crippen LogP contribution in [0.25, 0.3) is 0 Å². The molecule has 1 unspecified atom stereocenters. The van der Waals surface area contributed by atoms with Crippen molar-refractivity contribution in [3.05, 3.63) is 35.9 Å². The molecule has 0 saturated heterocycles. The molecule has 0 fully saturated rings. The van der Waals surface area contributed by atoms with Gasteiger partial charge in [-0.15, -0.1) is 0 Å². The van der Waals surface area contributed by atoms with Crippen molar-refractivity contribution >= 4 is 9.84 Å². The van der Waals surface area contributed by atoms with E-state index in [1.807, 2.05) is 37.3 Å². The predicted octanol–water partition coefficient (Wildman–Crippen LogP) is 1.77. The molecule has 0 aromatic heterocycles. The molecule has 0 aliphatic rings. The molecule has 0 aliphatic carbocycles. The highest BCUT2D eigenvalue weighted by molar-refractivity contribution is 7.91. The van der Waals surface area contributed by atoms with E-state index in [1.54, 1.807) is 0 Å². The Hall–Kier alpha value is -0.870. The molecule has 0 saturated carbocycles. The number of hydrogen-bond acceptors (Lipinski definition) is 3. The standard InChI is InChI=1S/C13H21NO2S/c1-12(14)9-11-17(15,16)10-5-8-13-6-3-2-4-7-13/h2-4,6-7,12H,5,8-11,14H2,1H3. The molecule has 0 aliphatic heterocycles. The van der Waals surface area contributed by atoms with E-state index in [1.165, 1.54) is 5.56 Å². The lowest BCUT2D eigenvalue weighted by molar-refractivity contribution is 0.585. The predicted molar refractivity (Wildman–Crippen MR) is 71.7 cm³/mol. The second kappa shape index (κ2) is 6.77. The Morgan fingerprint density at radius 2 is 1.82 bits per heavy atom. The number of aryl methyl sites for hydroxylation is 1. The second-order valence-corrected chi connectivity index (χ2v) is 6.81. The van der Waals surface area contributed by atoms with Crippen molar-refractivity contribution in [1.29, 1.82) is 0 Å². The summed E-state index contributed by atoms with van der Waals surface area (Å²) in [5.41, 5.74) is 6.74. The van der Waals surface area contributed by atoms with Gasteiger partial charge in [0.25, 0.3) is 0 Å². The molecule has 0 radical (unpaired) electrons. The Bertz CT molecular complexity index is 412. The van der Waals surface area contributed by atoms with Gasteiger partial charge in [-0.05, 0) is 31.7 Å². The normalized spacial score (nSPS) is 13.5. The van der Waals surface area contributed by atoms with E-state index in [4.69, 9.17) is 5.73 Å². The summed E-state index contributed by atoms with van der Waals surface area (Å²) >= 11 is 0. The van der Waals surface area contributed by atoms with Gasteiger partial charge in [-0.3, -0.25) is 0 Å². The molecular weight excluding hydrogens is 234 g/mol. The van der Waals surface area contributed by atoms with Gasteiger partial charge >= 0.3 is 0 Å². The van der Waals surface area contributed by atoms with E-state index in [-0.39, 0.29) is 17.5 Å². The van der Waals surface area contributed by atoms with Crippen LogP contribution in [0.15, 0.2) is 30.3 Å². The summed E-state index contributed by atoms with van der Waals surface area (Å²) < 4.78 is 23.3. The Kier molecular flexibility index (Phi) is 5.65. The van der Waals surface area contributed by atoms with Crippen LogP contribution in [0.1, 0.15) is 25.3 Å². The average Bonchev–Trinajstić information content (AvgIpc) is 2.28. The SMILES string of the molecule is CC(N)CCS(=O)(=O)CCCc1ccccc1. The Morgan fingerprint density at radius 1 is 1.18 bits per heavy atom. The van der Waals surface area contributed by atoms with Gasteiger partial charge in [-0.25, -0.2) is 8.42 Å². The fraction of sp³-hybridized carbons (Fsp3) is 0.538. The Balaban J connectivity index is 2.31. The number of hydrogen-bond donors (Lipinski definition) is 1. The molecule has 1 rings (SSSR count).